The number of hydrogen-bond donors (Lipinski definition) is 0. The molecule has 45 heavy (non-hydrogen) atoms. The predicted molar refractivity (Wildman–Crippen MR) is 184 cm³/mol. The van der Waals surface area contributed by atoms with Crippen LogP contribution in [0.25, 0.3) is 0 Å². The molecule has 1 saturated heterocycles. The first-order chi connectivity index (χ1) is 21.3. The second-order valence-corrected chi connectivity index (χ2v) is 15.3. The maximum atomic E-state index is 13.2. The lowest BCUT2D eigenvalue weighted by Gasteiger charge is -2.27. The minimum atomic E-state index is -0.606. The number of carbonyl (C=O) groups is 3. The summed E-state index contributed by atoms with van der Waals surface area (Å²) >= 11 is 0. The van der Waals surface area contributed by atoms with Gasteiger partial charge in [0.2, 0.25) is 0 Å². The highest BCUT2D eigenvalue weighted by atomic mass is 16.6. The van der Waals surface area contributed by atoms with Gasteiger partial charge in [-0.15, -0.1) is 0 Å². The van der Waals surface area contributed by atoms with E-state index in [1.807, 2.05) is 41.5 Å². The van der Waals surface area contributed by atoms with E-state index in [0.717, 1.165) is 57.8 Å². The number of unbranched alkanes of at least 4 members (excludes halogenated alkanes) is 13. The topological polar surface area (TPSA) is 82.1 Å². The van der Waals surface area contributed by atoms with E-state index in [0.29, 0.717) is 19.6 Å². The molecule has 0 spiro atoms. The second-order valence-electron chi connectivity index (χ2n) is 15.3. The van der Waals surface area contributed by atoms with Crippen LogP contribution >= 0.6 is 0 Å². The zero-order valence-electron chi connectivity index (χ0n) is 30.7. The van der Waals surface area contributed by atoms with Crippen molar-refractivity contribution in [2.45, 2.75) is 202 Å². The number of esters is 2. The molecule has 2 atom stereocenters. The van der Waals surface area contributed by atoms with Gasteiger partial charge in [-0.1, -0.05) is 104 Å². The Morgan fingerprint density at radius 3 is 1.80 bits per heavy atom. The van der Waals surface area contributed by atoms with Gasteiger partial charge >= 0.3 is 18.0 Å². The Balaban J connectivity index is 2.40. The number of nitrogens with zero attached hydrogens (tertiary/aromatic N) is 1. The van der Waals surface area contributed by atoms with Crippen molar-refractivity contribution in [2.24, 2.45) is 11.3 Å². The summed E-state index contributed by atoms with van der Waals surface area (Å²) in [4.78, 5) is 40.1. The highest BCUT2D eigenvalue weighted by molar-refractivity contribution is 5.82. The predicted octanol–water partition coefficient (Wildman–Crippen LogP) is 10.6. The highest BCUT2D eigenvalue weighted by Crippen LogP contribution is 2.29. The van der Waals surface area contributed by atoms with E-state index < -0.39 is 23.2 Å². The minimum absolute atomic E-state index is 0.0397. The monoisotopic (exact) mass is 638 g/mol. The van der Waals surface area contributed by atoms with Crippen molar-refractivity contribution in [2.75, 3.05) is 13.2 Å². The van der Waals surface area contributed by atoms with Gasteiger partial charge in [0.25, 0.3) is 0 Å². The Hall–Kier alpha value is -1.79. The largest absolute Gasteiger partial charge is 0.464 e. The Labute approximate surface area is 277 Å². The maximum absolute atomic E-state index is 13.2. The number of amides is 1. The van der Waals surface area contributed by atoms with Crippen molar-refractivity contribution >= 4 is 18.0 Å². The summed E-state index contributed by atoms with van der Waals surface area (Å²) in [6.07, 6.45) is 21.6. The summed E-state index contributed by atoms with van der Waals surface area (Å²) in [7, 11) is 0. The zero-order valence-corrected chi connectivity index (χ0v) is 30.7. The molecule has 1 fully saturated rings. The van der Waals surface area contributed by atoms with Crippen LogP contribution in [0.3, 0.4) is 0 Å². The van der Waals surface area contributed by atoms with E-state index in [4.69, 9.17) is 14.2 Å². The molecule has 0 aromatic heterocycles. The van der Waals surface area contributed by atoms with Gasteiger partial charge < -0.3 is 14.2 Å². The fraction of sp³-hybridized carbons (Fsp3) is 0.921. The third kappa shape index (κ3) is 18.8. The first-order valence-corrected chi connectivity index (χ1v) is 18.7. The quantitative estimate of drug-likeness (QED) is 0.0595. The van der Waals surface area contributed by atoms with Gasteiger partial charge in [0, 0.05) is 6.54 Å². The lowest BCUT2D eigenvalue weighted by molar-refractivity contribution is -0.161. The van der Waals surface area contributed by atoms with Crippen molar-refractivity contribution in [3.05, 3.63) is 0 Å². The molecule has 1 aliphatic rings. The molecule has 1 aliphatic heterocycles. The molecule has 0 aliphatic carbocycles. The SMILES string of the molecule is CCCCCCCCC(CCCCCCCC)OC(=O)C(C)(C)CCCCCCOC(=O)C1CC(C)CN1C(=O)OC(C)(C)C. The Morgan fingerprint density at radius 2 is 1.24 bits per heavy atom. The van der Waals surface area contributed by atoms with Crippen LogP contribution in [0.1, 0.15) is 184 Å². The van der Waals surface area contributed by atoms with Gasteiger partial charge in [0.05, 0.1) is 12.0 Å². The molecule has 0 aromatic rings. The van der Waals surface area contributed by atoms with E-state index in [1.165, 1.54) is 69.1 Å². The van der Waals surface area contributed by atoms with Crippen LogP contribution in [0, 0.1) is 11.3 Å². The van der Waals surface area contributed by atoms with Crippen LogP contribution in [-0.2, 0) is 23.8 Å². The van der Waals surface area contributed by atoms with Crippen molar-refractivity contribution in [1.82, 2.24) is 4.90 Å². The molecule has 0 bridgehead atoms. The lowest BCUT2D eigenvalue weighted by atomic mass is 9.86. The van der Waals surface area contributed by atoms with Gasteiger partial charge in [-0.05, 0) is 85.5 Å². The molecule has 7 nitrogen and oxygen atoms in total. The van der Waals surface area contributed by atoms with Crippen molar-refractivity contribution < 1.29 is 28.6 Å². The van der Waals surface area contributed by atoms with Crippen molar-refractivity contribution in [3.63, 3.8) is 0 Å². The maximum Gasteiger partial charge on any atom is 0.411 e. The smallest absolute Gasteiger partial charge is 0.411 e. The Bertz CT molecular complexity index is 804. The highest BCUT2D eigenvalue weighted by Gasteiger charge is 2.40. The fourth-order valence-electron chi connectivity index (χ4n) is 6.06. The first kappa shape index (κ1) is 41.2. The first-order valence-electron chi connectivity index (χ1n) is 18.7. The molecular weight excluding hydrogens is 566 g/mol. The molecule has 0 aromatic carbocycles. The summed E-state index contributed by atoms with van der Waals surface area (Å²) in [6, 6.07) is -0.576. The normalized spacial score (nSPS) is 17.1. The minimum Gasteiger partial charge on any atom is -0.464 e. The number of hydrogen-bond acceptors (Lipinski definition) is 6. The molecule has 0 N–H and O–H groups in total. The molecule has 7 heteroatoms. The van der Waals surface area contributed by atoms with Crippen LogP contribution in [0.2, 0.25) is 0 Å². The number of likely N-dealkylation sites (tertiary alicyclic amines) is 1. The zero-order chi connectivity index (χ0) is 33.7. The Morgan fingerprint density at radius 1 is 0.733 bits per heavy atom. The third-order valence-electron chi connectivity index (χ3n) is 8.94. The third-order valence-corrected chi connectivity index (χ3v) is 8.94. The van der Waals surface area contributed by atoms with Crippen LogP contribution in [-0.4, -0.2) is 53.8 Å². The van der Waals surface area contributed by atoms with Gasteiger partial charge in [-0.3, -0.25) is 9.69 Å². The molecule has 0 saturated carbocycles. The average Bonchev–Trinajstić information content (AvgIpc) is 3.36. The van der Waals surface area contributed by atoms with Crippen LogP contribution in [0.15, 0.2) is 0 Å². The van der Waals surface area contributed by atoms with Gasteiger partial charge in [-0.25, -0.2) is 9.59 Å². The molecule has 1 amide bonds. The molecule has 2 unspecified atom stereocenters. The summed E-state index contributed by atoms with van der Waals surface area (Å²) in [5.41, 5.74) is -1.11. The number of carbonyl (C=O) groups excluding carboxylic acids is 3. The molecule has 1 heterocycles. The summed E-state index contributed by atoms with van der Waals surface area (Å²) < 4.78 is 17.2. The van der Waals surface area contributed by atoms with E-state index in [-0.39, 0.29) is 24.0 Å². The second kappa shape index (κ2) is 22.7. The van der Waals surface area contributed by atoms with E-state index in [1.54, 1.807) is 0 Å². The molecular formula is C38H71NO6. The summed E-state index contributed by atoms with van der Waals surface area (Å²) in [5, 5.41) is 0. The number of rotatable bonds is 24. The molecule has 0 radical (unpaired) electrons. The van der Waals surface area contributed by atoms with Crippen LogP contribution < -0.4 is 0 Å². The van der Waals surface area contributed by atoms with Gasteiger partial charge in [-0.2, -0.15) is 0 Å². The summed E-state index contributed by atoms with van der Waals surface area (Å²) in [6.45, 7) is 16.9. The summed E-state index contributed by atoms with van der Waals surface area (Å²) in [5.74, 6) is -0.171. The van der Waals surface area contributed by atoms with Gasteiger partial charge in [0.15, 0.2) is 0 Å². The van der Waals surface area contributed by atoms with Crippen molar-refractivity contribution in [1.29, 1.82) is 0 Å². The van der Waals surface area contributed by atoms with Gasteiger partial charge in [0.1, 0.15) is 17.7 Å². The van der Waals surface area contributed by atoms with E-state index >= 15 is 0 Å². The van der Waals surface area contributed by atoms with Crippen molar-refractivity contribution in [3.8, 4) is 0 Å². The number of ether oxygens (including phenoxy) is 3. The van der Waals surface area contributed by atoms with E-state index in [2.05, 4.69) is 13.8 Å². The standard InChI is InChI=1S/C38H71NO6/c1-9-11-13-15-17-21-25-32(26-22-18-16-14-12-10-2)44-35(41)38(7,8)27-23-19-20-24-28-43-34(40)33-29-31(3)30-39(33)36(42)45-37(4,5)6/h31-33H,9-30H2,1-8H3. The molecule has 264 valence electrons. The lowest BCUT2D eigenvalue weighted by Crippen LogP contribution is -2.44. The fourth-order valence-corrected chi connectivity index (χ4v) is 6.06. The van der Waals surface area contributed by atoms with E-state index in [9.17, 15) is 14.4 Å². The van der Waals surface area contributed by atoms with Crippen LogP contribution in [0.5, 0.6) is 0 Å². The van der Waals surface area contributed by atoms with Crippen LogP contribution in [0.4, 0.5) is 4.79 Å². The Kier molecular flexibility index (Phi) is 20.8. The molecule has 1 rings (SSSR count). The average molecular weight is 638 g/mol.